The molecule has 2 atom stereocenters. The maximum atomic E-state index is 13.2. The van der Waals surface area contributed by atoms with E-state index in [1.54, 1.807) is 24.3 Å². The number of nitrogens with one attached hydrogen (secondary N) is 1. The standard InChI is InChI=1S/C18H12Cl2FN5O3/c19-9-1-4-11(5-2-9)26-17(28)15-16(18(26)29)25(24-23-15)8-14(27)22-10-3-6-13(21)12(20)7-10/h1-7,15-16H,8H2,(H,22,27)/t15-,16+/m1/s1. The van der Waals surface area contributed by atoms with E-state index in [2.05, 4.69) is 15.7 Å². The van der Waals surface area contributed by atoms with Gasteiger partial charge in [0, 0.05) is 10.7 Å². The van der Waals surface area contributed by atoms with Gasteiger partial charge in [-0.15, -0.1) is 0 Å². The number of amides is 3. The van der Waals surface area contributed by atoms with Gasteiger partial charge in [-0.05, 0) is 42.5 Å². The van der Waals surface area contributed by atoms with Gasteiger partial charge in [0.05, 0.1) is 10.7 Å². The van der Waals surface area contributed by atoms with E-state index < -0.39 is 35.6 Å². The van der Waals surface area contributed by atoms with Crippen molar-refractivity contribution in [2.24, 2.45) is 10.3 Å². The highest BCUT2D eigenvalue weighted by Gasteiger charge is 2.55. The van der Waals surface area contributed by atoms with Crippen LogP contribution in [0.3, 0.4) is 0 Å². The van der Waals surface area contributed by atoms with Gasteiger partial charge in [0.15, 0.2) is 12.1 Å². The number of fused-ring (bicyclic) bond motifs is 1. The Kier molecular flexibility index (Phi) is 4.93. The highest BCUT2D eigenvalue weighted by molar-refractivity contribution is 6.31. The van der Waals surface area contributed by atoms with Crippen LogP contribution in [0.25, 0.3) is 0 Å². The minimum absolute atomic E-state index is 0.140. The van der Waals surface area contributed by atoms with E-state index in [1.807, 2.05) is 0 Å². The molecule has 29 heavy (non-hydrogen) atoms. The number of hydrogen-bond donors (Lipinski definition) is 1. The van der Waals surface area contributed by atoms with E-state index in [0.29, 0.717) is 10.7 Å². The van der Waals surface area contributed by atoms with Crippen molar-refractivity contribution >= 4 is 52.3 Å². The van der Waals surface area contributed by atoms with Crippen LogP contribution in [0.1, 0.15) is 0 Å². The summed E-state index contributed by atoms with van der Waals surface area (Å²) in [5.74, 6) is -2.21. The van der Waals surface area contributed by atoms with Crippen LogP contribution < -0.4 is 10.2 Å². The lowest BCUT2D eigenvalue weighted by atomic mass is 10.1. The molecule has 2 aromatic carbocycles. The van der Waals surface area contributed by atoms with Crippen molar-refractivity contribution in [1.82, 2.24) is 5.01 Å². The van der Waals surface area contributed by atoms with Crippen LogP contribution in [0.15, 0.2) is 52.8 Å². The number of benzene rings is 2. The molecule has 0 aliphatic carbocycles. The second-order valence-corrected chi connectivity index (χ2v) is 7.20. The molecule has 1 fully saturated rings. The third-order valence-corrected chi connectivity index (χ3v) is 4.99. The van der Waals surface area contributed by atoms with Crippen LogP contribution in [0.2, 0.25) is 10.0 Å². The highest BCUT2D eigenvalue weighted by Crippen LogP contribution is 2.32. The number of rotatable bonds is 4. The Balaban J connectivity index is 1.48. The number of carbonyl (C=O) groups excluding carboxylic acids is 3. The summed E-state index contributed by atoms with van der Waals surface area (Å²) in [6, 6.07) is 7.91. The third-order valence-electron chi connectivity index (χ3n) is 4.45. The maximum Gasteiger partial charge on any atom is 0.263 e. The average Bonchev–Trinajstić information content (AvgIpc) is 3.19. The van der Waals surface area contributed by atoms with Gasteiger partial charge in [-0.25, -0.2) is 9.29 Å². The van der Waals surface area contributed by atoms with Crippen LogP contribution in [-0.2, 0) is 14.4 Å². The topological polar surface area (TPSA) is 94.4 Å². The van der Waals surface area contributed by atoms with E-state index in [-0.39, 0.29) is 17.3 Å². The first-order valence-electron chi connectivity index (χ1n) is 8.41. The van der Waals surface area contributed by atoms with Crippen LogP contribution in [0, 0.1) is 5.82 Å². The van der Waals surface area contributed by atoms with Crippen molar-refractivity contribution in [3.8, 4) is 0 Å². The van der Waals surface area contributed by atoms with Crippen LogP contribution in [0.4, 0.5) is 15.8 Å². The zero-order chi connectivity index (χ0) is 20.7. The average molecular weight is 436 g/mol. The van der Waals surface area contributed by atoms with Gasteiger partial charge in [0.25, 0.3) is 11.8 Å². The highest BCUT2D eigenvalue weighted by atomic mass is 35.5. The zero-order valence-electron chi connectivity index (χ0n) is 14.6. The van der Waals surface area contributed by atoms with Crippen molar-refractivity contribution in [2.45, 2.75) is 12.1 Å². The molecule has 0 unspecified atom stereocenters. The van der Waals surface area contributed by atoms with Gasteiger partial charge in [0.2, 0.25) is 5.91 Å². The Morgan fingerprint density at radius 1 is 1.10 bits per heavy atom. The lowest BCUT2D eigenvalue weighted by Gasteiger charge is -2.20. The quantitative estimate of drug-likeness (QED) is 0.746. The minimum atomic E-state index is -1.02. The summed E-state index contributed by atoms with van der Waals surface area (Å²) >= 11 is 11.5. The van der Waals surface area contributed by atoms with Crippen molar-refractivity contribution in [3.05, 3.63) is 58.3 Å². The van der Waals surface area contributed by atoms with Crippen molar-refractivity contribution in [2.75, 3.05) is 16.8 Å². The molecule has 8 nitrogen and oxygen atoms in total. The summed E-state index contributed by atoms with van der Waals surface area (Å²) in [6.45, 7) is -0.326. The third kappa shape index (κ3) is 3.54. The van der Waals surface area contributed by atoms with Gasteiger partial charge in [-0.3, -0.25) is 19.4 Å². The van der Waals surface area contributed by atoms with Crippen LogP contribution >= 0.6 is 23.2 Å². The molecule has 0 saturated carbocycles. The van der Waals surface area contributed by atoms with E-state index in [1.165, 1.54) is 12.1 Å². The van der Waals surface area contributed by atoms with E-state index in [9.17, 15) is 18.8 Å². The first-order valence-corrected chi connectivity index (χ1v) is 9.16. The molecule has 1 saturated heterocycles. The Labute approximate surface area is 173 Å². The number of hydrogen-bond acceptors (Lipinski definition) is 6. The Bertz CT molecular complexity index is 1050. The van der Waals surface area contributed by atoms with E-state index >= 15 is 0 Å². The Morgan fingerprint density at radius 2 is 1.83 bits per heavy atom. The van der Waals surface area contributed by atoms with E-state index in [4.69, 9.17) is 23.2 Å². The van der Waals surface area contributed by atoms with Gasteiger partial charge in [0.1, 0.15) is 12.4 Å². The molecule has 0 aromatic heterocycles. The second kappa shape index (κ2) is 7.41. The molecule has 2 aliphatic heterocycles. The Morgan fingerprint density at radius 3 is 2.52 bits per heavy atom. The summed E-state index contributed by atoms with van der Waals surface area (Å²) in [7, 11) is 0. The molecule has 148 valence electrons. The summed E-state index contributed by atoms with van der Waals surface area (Å²) in [6.07, 6.45) is 0. The molecule has 4 rings (SSSR count). The number of carbonyl (C=O) groups is 3. The van der Waals surface area contributed by atoms with Crippen molar-refractivity contribution in [3.63, 3.8) is 0 Å². The van der Waals surface area contributed by atoms with Crippen LogP contribution in [0.5, 0.6) is 0 Å². The molecular weight excluding hydrogens is 424 g/mol. The summed E-state index contributed by atoms with van der Waals surface area (Å²) in [5, 5.41) is 11.7. The fourth-order valence-corrected chi connectivity index (χ4v) is 3.43. The first kappa shape index (κ1) is 19.3. The largest absolute Gasteiger partial charge is 0.324 e. The number of imide groups is 1. The monoisotopic (exact) mass is 435 g/mol. The maximum absolute atomic E-state index is 13.2. The lowest BCUT2D eigenvalue weighted by Crippen LogP contribution is -2.43. The molecule has 3 amide bonds. The van der Waals surface area contributed by atoms with Gasteiger partial charge in [-0.1, -0.05) is 28.4 Å². The predicted octanol–water partition coefficient (Wildman–Crippen LogP) is 3.06. The smallest absolute Gasteiger partial charge is 0.263 e. The molecular formula is C18H12Cl2FN5O3. The van der Waals surface area contributed by atoms with Gasteiger partial charge in [-0.2, -0.15) is 5.11 Å². The summed E-state index contributed by atoms with van der Waals surface area (Å²) in [4.78, 5) is 38.8. The van der Waals surface area contributed by atoms with Crippen molar-refractivity contribution < 1.29 is 18.8 Å². The lowest BCUT2D eigenvalue weighted by molar-refractivity contribution is -0.123. The summed E-state index contributed by atoms with van der Waals surface area (Å²) < 4.78 is 13.2. The molecule has 1 N–H and O–H groups in total. The SMILES string of the molecule is O=C(CN1N=N[C@H]2C(=O)N(c3ccc(Cl)cc3)C(=O)[C@H]21)Nc1ccc(F)c(Cl)c1. The molecule has 0 radical (unpaired) electrons. The van der Waals surface area contributed by atoms with Gasteiger partial charge >= 0.3 is 0 Å². The van der Waals surface area contributed by atoms with E-state index in [0.717, 1.165) is 16.0 Å². The molecule has 0 spiro atoms. The predicted molar refractivity (Wildman–Crippen MR) is 103 cm³/mol. The van der Waals surface area contributed by atoms with Gasteiger partial charge < -0.3 is 5.32 Å². The fourth-order valence-electron chi connectivity index (χ4n) is 3.12. The van der Waals surface area contributed by atoms with Crippen molar-refractivity contribution in [1.29, 1.82) is 0 Å². The first-order chi connectivity index (χ1) is 13.8. The Hall–Kier alpha value is -3.04. The normalized spacial score (nSPS) is 20.4. The fraction of sp³-hybridized carbons (Fsp3) is 0.167. The molecule has 11 heteroatoms. The van der Waals surface area contributed by atoms with Crippen LogP contribution in [-0.4, -0.2) is 41.4 Å². The second-order valence-electron chi connectivity index (χ2n) is 6.36. The number of halogens is 3. The molecule has 2 aromatic rings. The molecule has 2 aliphatic rings. The summed E-state index contributed by atoms with van der Waals surface area (Å²) in [5.41, 5.74) is 0.644. The molecule has 0 bridgehead atoms. The minimum Gasteiger partial charge on any atom is -0.324 e. The number of anilines is 2. The number of nitrogens with zero attached hydrogens (tertiary/aromatic N) is 4. The molecule has 2 heterocycles. The zero-order valence-corrected chi connectivity index (χ0v) is 16.1.